The molecule has 2 aromatic rings. The van der Waals surface area contributed by atoms with Crippen molar-refractivity contribution in [3.8, 4) is 0 Å². The van der Waals surface area contributed by atoms with Crippen molar-refractivity contribution in [3.63, 3.8) is 0 Å². The van der Waals surface area contributed by atoms with Crippen LogP contribution in [0.2, 0.25) is 0 Å². The highest BCUT2D eigenvalue weighted by molar-refractivity contribution is 5.44. The summed E-state index contributed by atoms with van der Waals surface area (Å²) in [6.45, 7) is 34.3. The minimum absolute atomic E-state index is 0.156. The van der Waals surface area contributed by atoms with Crippen LogP contribution in [0.25, 0.3) is 0 Å². The molecule has 1 aliphatic carbocycles. The summed E-state index contributed by atoms with van der Waals surface area (Å²) in [5.41, 5.74) is 6.54. The lowest BCUT2D eigenvalue weighted by Gasteiger charge is -2.22. The lowest BCUT2D eigenvalue weighted by Crippen LogP contribution is -2.23. The van der Waals surface area contributed by atoms with Gasteiger partial charge in [-0.05, 0) is 74.9 Å². The van der Waals surface area contributed by atoms with E-state index < -0.39 is 0 Å². The second-order valence-corrected chi connectivity index (χ2v) is 12.4. The molecule has 1 aliphatic heterocycles. The molecule has 0 amide bonds. The van der Waals surface area contributed by atoms with Crippen LogP contribution >= 0.6 is 0 Å². The summed E-state index contributed by atoms with van der Waals surface area (Å²) in [5, 5.41) is 9.77. The summed E-state index contributed by atoms with van der Waals surface area (Å²) in [4.78, 5) is 4.28. The number of pyridine rings is 1. The van der Waals surface area contributed by atoms with Gasteiger partial charge in [-0.1, -0.05) is 124 Å². The molecule has 1 unspecified atom stereocenters. The lowest BCUT2D eigenvalue weighted by atomic mass is 9.93. The Balaban J connectivity index is 0.000000617. The number of hydrogen-bond acceptors (Lipinski definition) is 4. The second-order valence-electron chi connectivity index (χ2n) is 12.4. The zero-order chi connectivity index (χ0) is 32.7. The monoisotopic (exact) mass is 591 g/mol. The van der Waals surface area contributed by atoms with Crippen LogP contribution in [0.3, 0.4) is 0 Å². The molecule has 0 saturated carbocycles. The third-order valence-corrected chi connectivity index (χ3v) is 7.71. The fraction of sp³-hybridized carbons (Fsp3) is 0.564. The topological polar surface area (TPSA) is 49.0 Å². The Bertz CT molecular complexity index is 1000. The predicted molar refractivity (Wildman–Crippen MR) is 194 cm³/mol. The van der Waals surface area contributed by atoms with Crippen molar-refractivity contribution in [2.24, 2.45) is 17.3 Å². The predicted octanol–water partition coefficient (Wildman–Crippen LogP) is 10.3. The molecule has 2 aliphatic rings. The van der Waals surface area contributed by atoms with E-state index in [4.69, 9.17) is 0 Å². The van der Waals surface area contributed by atoms with Crippen LogP contribution in [0.15, 0.2) is 79.8 Å². The van der Waals surface area contributed by atoms with Crippen LogP contribution in [0.1, 0.15) is 104 Å². The van der Waals surface area contributed by atoms with Gasteiger partial charge < -0.3 is 16.0 Å². The molecule has 2 heterocycles. The maximum absolute atomic E-state index is 4.28. The lowest BCUT2D eigenvalue weighted by molar-refractivity contribution is 0.470. The van der Waals surface area contributed by atoms with Gasteiger partial charge in [0.15, 0.2) is 0 Å². The second kappa shape index (κ2) is 23.6. The van der Waals surface area contributed by atoms with Crippen LogP contribution < -0.4 is 16.0 Å². The number of aryl methyl sites for hydroxylation is 1. The Morgan fingerprint density at radius 2 is 1.63 bits per heavy atom. The number of anilines is 1. The third kappa shape index (κ3) is 18.4. The molecular weight excluding hydrogens is 524 g/mol. The normalized spacial score (nSPS) is 14.9. The van der Waals surface area contributed by atoms with Crippen LogP contribution in [0, 0.1) is 24.2 Å². The summed E-state index contributed by atoms with van der Waals surface area (Å²) in [6.07, 6.45) is 12.7. The number of nitrogens with zero attached hydrogens (tertiary/aromatic N) is 1. The van der Waals surface area contributed by atoms with Crippen molar-refractivity contribution < 1.29 is 0 Å². The van der Waals surface area contributed by atoms with Gasteiger partial charge in [0.2, 0.25) is 0 Å². The Morgan fingerprint density at radius 1 is 1.00 bits per heavy atom. The first-order chi connectivity index (χ1) is 20.5. The van der Waals surface area contributed by atoms with Crippen molar-refractivity contribution in [1.82, 2.24) is 15.6 Å². The number of aromatic nitrogens is 1. The Hall–Kier alpha value is -2.85. The summed E-state index contributed by atoms with van der Waals surface area (Å²) < 4.78 is 0. The minimum Gasteiger partial charge on any atom is -0.385 e. The molecule has 1 aromatic carbocycles. The number of hydrogen-bond donors (Lipinski definition) is 3. The van der Waals surface area contributed by atoms with Crippen LogP contribution in [0.5, 0.6) is 0 Å². The fourth-order valence-corrected chi connectivity index (χ4v) is 4.25. The number of allylic oxidation sites excluding steroid dienone is 2. The van der Waals surface area contributed by atoms with E-state index in [2.05, 4.69) is 107 Å². The molecule has 4 rings (SSSR count). The molecule has 242 valence electrons. The largest absolute Gasteiger partial charge is 0.385 e. The van der Waals surface area contributed by atoms with E-state index >= 15 is 0 Å². The molecule has 4 heteroatoms. The first kappa shape index (κ1) is 40.1. The highest BCUT2D eigenvalue weighted by atomic mass is 15.0. The van der Waals surface area contributed by atoms with E-state index in [9.17, 15) is 0 Å². The van der Waals surface area contributed by atoms with E-state index in [0.717, 1.165) is 42.5 Å². The van der Waals surface area contributed by atoms with E-state index in [1.807, 2.05) is 38.1 Å². The van der Waals surface area contributed by atoms with Crippen LogP contribution in [-0.4, -0.2) is 24.6 Å². The molecule has 43 heavy (non-hydrogen) atoms. The first-order valence-corrected chi connectivity index (χ1v) is 16.7. The zero-order valence-corrected chi connectivity index (χ0v) is 29.4. The zero-order valence-electron chi connectivity index (χ0n) is 29.4. The molecule has 3 N–H and O–H groups in total. The van der Waals surface area contributed by atoms with Gasteiger partial charge >= 0.3 is 0 Å². The Labute approximate surface area is 267 Å². The summed E-state index contributed by atoms with van der Waals surface area (Å²) in [7, 11) is 0. The van der Waals surface area contributed by atoms with Gasteiger partial charge in [0, 0.05) is 35.5 Å². The highest BCUT2D eigenvalue weighted by Gasteiger charge is 2.23. The molecule has 4 nitrogen and oxygen atoms in total. The van der Waals surface area contributed by atoms with E-state index in [0.29, 0.717) is 5.92 Å². The maximum Gasteiger partial charge on any atom is 0.130 e. The molecule has 1 fully saturated rings. The quantitative estimate of drug-likeness (QED) is 0.268. The van der Waals surface area contributed by atoms with Crippen molar-refractivity contribution in [2.75, 3.05) is 25.0 Å². The van der Waals surface area contributed by atoms with Gasteiger partial charge in [-0.3, -0.25) is 0 Å². The maximum atomic E-state index is 4.28. The first-order valence-electron chi connectivity index (χ1n) is 16.7. The summed E-state index contributed by atoms with van der Waals surface area (Å²) in [5.74, 6) is 2.28. The van der Waals surface area contributed by atoms with E-state index in [1.165, 1.54) is 61.9 Å². The minimum atomic E-state index is 0.156. The average Bonchev–Trinajstić information content (AvgIpc) is 3.46. The van der Waals surface area contributed by atoms with Gasteiger partial charge in [0.25, 0.3) is 0 Å². The number of benzene rings is 1. The Morgan fingerprint density at radius 3 is 2.07 bits per heavy atom. The fourth-order valence-electron chi connectivity index (χ4n) is 4.25. The number of rotatable bonds is 8. The SMILES string of the molecule is C1CCNCC1.C=C(Nc1ccccn1)C1Cc2ccc(C)cc2C1.C=CCNC(=C)C(C)(C)C.CC.CCC(C)CC. The van der Waals surface area contributed by atoms with Crippen molar-refractivity contribution in [3.05, 3.63) is 96.5 Å². The van der Waals surface area contributed by atoms with E-state index in [-0.39, 0.29) is 5.41 Å². The summed E-state index contributed by atoms with van der Waals surface area (Å²) in [6, 6.07) is 12.6. The number of fused-ring (bicyclic) bond motifs is 1. The molecule has 1 saturated heterocycles. The van der Waals surface area contributed by atoms with Gasteiger partial charge in [0.05, 0.1) is 0 Å². The molecule has 1 aromatic heterocycles. The molecule has 0 bridgehead atoms. The smallest absolute Gasteiger partial charge is 0.130 e. The van der Waals surface area contributed by atoms with Crippen molar-refractivity contribution in [2.45, 2.75) is 107 Å². The van der Waals surface area contributed by atoms with E-state index in [1.54, 1.807) is 6.20 Å². The van der Waals surface area contributed by atoms with Crippen LogP contribution in [0.4, 0.5) is 5.82 Å². The van der Waals surface area contributed by atoms with Gasteiger partial charge in [-0.2, -0.15) is 0 Å². The van der Waals surface area contributed by atoms with Crippen LogP contribution in [-0.2, 0) is 12.8 Å². The molecular formula is C39H66N4. The van der Waals surface area contributed by atoms with Crippen molar-refractivity contribution in [1.29, 1.82) is 0 Å². The highest BCUT2D eigenvalue weighted by Crippen LogP contribution is 2.31. The number of nitrogens with one attached hydrogen (secondary N) is 3. The van der Waals surface area contributed by atoms with Gasteiger partial charge in [-0.15, -0.1) is 6.58 Å². The third-order valence-electron chi connectivity index (χ3n) is 7.71. The van der Waals surface area contributed by atoms with Gasteiger partial charge in [-0.25, -0.2) is 4.98 Å². The molecule has 0 spiro atoms. The number of piperidine rings is 1. The molecule has 0 radical (unpaired) electrons. The standard InChI is InChI=1S/C17H18N2.C9H17N.C6H14.C5H11N.C2H6/c1-12-6-7-14-10-15(11-16(14)9-12)13(2)19-17-5-3-4-8-18-17;1-6-7-10-8(2)9(3,4)5;1-4-6(3)5-2;1-2-4-6-5-3-1;1-2/h3-9,15H,2,10-11H2,1H3,(H,18,19);6,10H,1-2,7H2,3-5H3;6H,4-5H2,1-3H3;6H,1-5H2;1-2H3. The molecule has 1 atom stereocenters. The summed E-state index contributed by atoms with van der Waals surface area (Å²) >= 11 is 0. The van der Waals surface area contributed by atoms with Gasteiger partial charge in [0.1, 0.15) is 5.82 Å². The van der Waals surface area contributed by atoms with Crippen molar-refractivity contribution >= 4 is 5.82 Å². The Kier molecular flexibility index (Phi) is 22.0. The average molecular weight is 591 g/mol.